The number of morpholine rings is 1. The summed E-state index contributed by atoms with van der Waals surface area (Å²) >= 11 is 0. The zero-order chi connectivity index (χ0) is 15.5. The maximum Gasteiger partial charge on any atom is 0.317 e. The lowest BCUT2D eigenvalue weighted by Gasteiger charge is -2.35. The molecular weight excluding hydrogens is 294 g/mol. The molecule has 2 fully saturated rings. The van der Waals surface area contributed by atoms with E-state index in [2.05, 4.69) is 5.32 Å². The molecule has 2 aliphatic heterocycles. The van der Waals surface area contributed by atoms with E-state index in [0.29, 0.717) is 45.6 Å². The van der Waals surface area contributed by atoms with E-state index in [4.69, 9.17) is 4.74 Å². The van der Waals surface area contributed by atoms with Crippen molar-refractivity contribution < 1.29 is 17.9 Å². The number of ether oxygens (including phenoxy) is 1. The molecule has 2 rings (SSSR count). The third-order valence-electron chi connectivity index (χ3n) is 4.13. The molecule has 0 aromatic rings. The Kier molecular flexibility index (Phi) is 5.45. The summed E-state index contributed by atoms with van der Waals surface area (Å²) < 4.78 is 29.9. The van der Waals surface area contributed by atoms with Crippen molar-refractivity contribution in [2.24, 2.45) is 0 Å². The van der Waals surface area contributed by atoms with Crippen molar-refractivity contribution in [2.75, 3.05) is 39.0 Å². The maximum atomic E-state index is 12.2. The van der Waals surface area contributed by atoms with Crippen molar-refractivity contribution in [3.05, 3.63) is 0 Å². The second kappa shape index (κ2) is 6.93. The summed E-state index contributed by atoms with van der Waals surface area (Å²) in [5.41, 5.74) is 0. The van der Waals surface area contributed by atoms with Gasteiger partial charge in [-0.1, -0.05) is 6.92 Å². The minimum absolute atomic E-state index is 0.0541. The van der Waals surface area contributed by atoms with Gasteiger partial charge in [-0.2, -0.15) is 0 Å². The number of nitrogens with one attached hydrogen (secondary N) is 1. The first-order chi connectivity index (χ1) is 9.90. The molecule has 7 nitrogen and oxygen atoms in total. The lowest BCUT2D eigenvalue weighted by Crippen LogP contribution is -2.53. The first kappa shape index (κ1) is 16.5. The normalized spacial score (nSPS) is 25.8. The summed E-state index contributed by atoms with van der Waals surface area (Å²) in [6, 6.07) is -0.00650. The number of carbonyl (C=O) groups is 1. The number of nitrogens with zero attached hydrogens (tertiary/aromatic N) is 2. The molecule has 0 spiro atoms. The van der Waals surface area contributed by atoms with Gasteiger partial charge in [0.1, 0.15) is 0 Å². The number of carbonyl (C=O) groups excluding carboxylic acids is 1. The fourth-order valence-electron chi connectivity index (χ4n) is 2.75. The van der Waals surface area contributed by atoms with Crippen LogP contribution in [0.3, 0.4) is 0 Å². The minimum atomic E-state index is -3.12. The molecule has 122 valence electrons. The van der Waals surface area contributed by atoms with E-state index >= 15 is 0 Å². The zero-order valence-electron chi connectivity index (χ0n) is 12.7. The number of sulfonamides is 1. The minimum Gasteiger partial charge on any atom is -0.375 e. The second-order valence-corrected chi connectivity index (χ2v) is 7.72. The quantitative estimate of drug-likeness (QED) is 0.808. The average molecular weight is 319 g/mol. The molecule has 21 heavy (non-hydrogen) atoms. The molecule has 2 aliphatic rings. The average Bonchev–Trinajstić information content (AvgIpc) is 2.47. The number of hydrogen-bond acceptors (Lipinski definition) is 4. The van der Waals surface area contributed by atoms with Gasteiger partial charge in [-0.3, -0.25) is 0 Å². The van der Waals surface area contributed by atoms with Crippen LogP contribution >= 0.6 is 0 Å². The van der Waals surface area contributed by atoms with Gasteiger partial charge in [-0.05, 0) is 19.3 Å². The van der Waals surface area contributed by atoms with E-state index in [0.717, 1.165) is 6.42 Å². The Balaban J connectivity index is 1.79. The third-order valence-corrected chi connectivity index (χ3v) is 5.44. The van der Waals surface area contributed by atoms with Crippen molar-refractivity contribution >= 4 is 16.1 Å². The Labute approximate surface area is 126 Å². The Morgan fingerprint density at radius 3 is 2.52 bits per heavy atom. The Hall–Kier alpha value is -0.860. The molecule has 0 saturated carbocycles. The van der Waals surface area contributed by atoms with Crippen LogP contribution in [0, 0.1) is 0 Å². The van der Waals surface area contributed by atoms with E-state index in [1.807, 2.05) is 6.92 Å². The Bertz CT molecular complexity index is 460. The molecule has 8 heteroatoms. The Morgan fingerprint density at radius 1 is 1.29 bits per heavy atom. The summed E-state index contributed by atoms with van der Waals surface area (Å²) in [7, 11) is -3.12. The lowest BCUT2D eigenvalue weighted by atomic mass is 10.1. The van der Waals surface area contributed by atoms with Crippen molar-refractivity contribution in [3.63, 3.8) is 0 Å². The van der Waals surface area contributed by atoms with Crippen molar-refractivity contribution in [1.82, 2.24) is 14.5 Å². The van der Waals surface area contributed by atoms with Gasteiger partial charge in [0.15, 0.2) is 0 Å². The molecule has 0 aromatic heterocycles. The summed E-state index contributed by atoms with van der Waals surface area (Å²) in [5, 5.41) is 3.02. The monoisotopic (exact) mass is 319 g/mol. The highest BCUT2D eigenvalue weighted by atomic mass is 32.2. The predicted octanol–water partition coefficient (Wildman–Crippen LogP) is 0.231. The predicted molar refractivity (Wildman–Crippen MR) is 79.6 cm³/mol. The summed E-state index contributed by atoms with van der Waals surface area (Å²) in [6.45, 7) is 4.83. The standard InChI is InChI=1S/C13H25N3O4S/c1-3-12-10-15(8-9-20-12)13(17)14-11-4-6-16(7-5-11)21(2,18)19/h11-12H,3-10H2,1-2H3,(H,14,17)/t12-/m1/s1. The van der Waals surface area contributed by atoms with Gasteiger partial charge < -0.3 is 15.0 Å². The summed E-state index contributed by atoms with van der Waals surface area (Å²) in [5.74, 6) is 0. The smallest absolute Gasteiger partial charge is 0.317 e. The Morgan fingerprint density at radius 2 is 1.95 bits per heavy atom. The van der Waals surface area contributed by atoms with Gasteiger partial charge in [0.2, 0.25) is 10.0 Å². The molecule has 0 aliphatic carbocycles. The molecule has 0 aromatic carbocycles. The van der Waals surface area contributed by atoms with E-state index in [1.165, 1.54) is 10.6 Å². The maximum absolute atomic E-state index is 12.2. The molecule has 1 atom stereocenters. The van der Waals surface area contributed by atoms with Crippen molar-refractivity contribution in [3.8, 4) is 0 Å². The highest BCUT2D eigenvalue weighted by Gasteiger charge is 2.28. The van der Waals surface area contributed by atoms with Crippen LogP contribution in [0.5, 0.6) is 0 Å². The van der Waals surface area contributed by atoms with E-state index in [-0.39, 0.29) is 18.2 Å². The van der Waals surface area contributed by atoms with E-state index in [9.17, 15) is 13.2 Å². The number of amides is 2. The largest absolute Gasteiger partial charge is 0.375 e. The van der Waals surface area contributed by atoms with Gasteiger partial charge >= 0.3 is 6.03 Å². The fourth-order valence-corrected chi connectivity index (χ4v) is 3.62. The molecule has 0 unspecified atom stereocenters. The van der Waals surface area contributed by atoms with Gasteiger partial charge in [0.05, 0.1) is 19.0 Å². The van der Waals surface area contributed by atoms with Gasteiger partial charge in [-0.15, -0.1) is 0 Å². The van der Waals surface area contributed by atoms with Crippen molar-refractivity contribution in [1.29, 1.82) is 0 Å². The molecule has 0 bridgehead atoms. The van der Waals surface area contributed by atoms with Crippen LogP contribution in [0.25, 0.3) is 0 Å². The highest BCUT2D eigenvalue weighted by Crippen LogP contribution is 2.14. The van der Waals surface area contributed by atoms with Crippen LogP contribution in [-0.2, 0) is 14.8 Å². The molecule has 2 heterocycles. The number of hydrogen-bond donors (Lipinski definition) is 1. The molecule has 2 saturated heterocycles. The summed E-state index contributed by atoms with van der Waals surface area (Å²) in [6.07, 6.45) is 3.58. The fraction of sp³-hybridized carbons (Fsp3) is 0.923. The van der Waals surface area contributed by atoms with Crippen LogP contribution in [0.15, 0.2) is 0 Å². The van der Waals surface area contributed by atoms with Gasteiger partial charge in [-0.25, -0.2) is 17.5 Å². The van der Waals surface area contributed by atoms with Crippen LogP contribution in [0.2, 0.25) is 0 Å². The lowest BCUT2D eigenvalue weighted by molar-refractivity contribution is -0.0158. The topological polar surface area (TPSA) is 79.0 Å². The first-order valence-electron chi connectivity index (χ1n) is 7.52. The number of urea groups is 1. The van der Waals surface area contributed by atoms with Crippen LogP contribution in [0.4, 0.5) is 4.79 Å². The molecule has 0 radical (unpaired) electrons. The van der Waals surface area contributed by atoms with Gasteiger partial charge in [0, 0.05) is 32.2 Å². The number of piperidine rings is 1. The second-order valence-electron chi connectivity index (χ2n) is 5.73. The van der Waals surface area contributed by atoms with Crippen LogP contribution in [0.1, 0.15) is 26.2 Å². The first-order valence-corrected chi connectivity index (χ1v) is 9.37. The number of rotatable bonds is 3. The van der Waals surface area contributed by atoms with E-state index < -0.39 is 10.0 Å². The van der Waals surface area contributed by atoms with Crippen molar-refractivity contribution in [2.45, 2.75) is 38.3 Å². The summed E-state index contributed by atoms with van der Waals surface area (Å²) in [4.78, 5) is 14.0. The zero-order valence-corrected chi connectivity index (χ0v) is 13.6. The SMILES string of the molecule is CC[C@@H]1CN(C(=O)NC2CCN(S(C)(=O)=O)CC2)CCO1. The molecule has 1 N–H and O–H groups in total. The van der Waals surface area contributed by atoms with Crippen LogP contribution in [-0.4, -0.2) is 74.8 Å². The molecular formula is C13H25N3O4S. The molecule has 2 amide bonds. The third kappa shape index (κ3) is 4.55. The van der Waals surface area contributed by atoms with E-state index in [1.54, 1.807) is 4.90 Å². The van der Waals surface area contributed by atoms with Gasteiger partial charge in [0.25, 0.3) is 0 Å². The highest BCUT2D eigenvalue weighted by molar-refractivity contribution is 7.88. The van der Waals surface area contributed by atoms with Crippen LogP contribution < -0.4 is 5.32 Å².